The van der Waals surface area contributed by atoms with Gasteiger partial charge in [-0.05, 0) is 6.42 Å². The molecule has 0 aromatic carbocycles. The minimum absolute atomic E-state index is 0.0363. The highest BCUT2D eigenvalue weighted by Gasteiger charge is 2.28. The Morgan fingerprint density at radius 3 is 2.89 bits per heavy atom. The van der Waals surface area contributed by atoms with Gasteiger partial charge >= 0.3 is 0 Å². The molecule has 0 unspecified atom stereocenters. The smallest absolute Gasteiger partial charge is 0.262 e. The number of fused-ring (bicyclic) bond motifs is 1. The van der Waals surface area contributed by atoms with Gasteiger partial charge in [-0.25, -0.2) is 13.4 Å². The molecule has 0 fully saturated rings. The van der Waals surface area contributed by atoms with Gasteiger partial charge in [0, 0.05) is 25.2 Å². The molecule has 0 bridgehead atoms. The third-order valence-corrected chi connectivity index (χ3v) is 5.92. The number of halogens is 1. The molecule has 106 valence electrons. The summed E-state index contributed by atoms with van der Waals surface area (Å²) >= 11 is 7.32. The zero-order valence-corrected chi connectivity index (χ0v) is 13.2. The number of nitrogens with zero attached hydrogens (tertiary/aromatic N) is 3. The summed E-state index contributed by atoms with van der Waals surface area (Å²) in [6.07, 6.45) is 4.57. The van der Waals surface area contributed by atoms with Crippen LogP contribution in [0.3, 0.4) is 0 Å². The van der Waals surface area contributed by atoms with Crippen LogP contribution in [0.4, 0.5) is 0 Å². The Morgan fingerprint density at radius 2 is 2.21 bits per heavy atom. The molecule has 19 heavy (non-hydrogen) atoms. The van der Waals surface area contributed by atoms with Gasteiger partial charge < -0.3 is 0 Å². The second kappa shape index (κ2) is 5.78. The van der Waals surface area contributed by atoms with E-state index in [1.807, 2.05) is 0 Å². The van der Waals surface area contributed by atoms with Crippen LogP contribution in [-0.2, 0) is 10.0 Å². The zero-order valence-electron chi connectivity index (χ0n) is 10.8. The first kappa shape index (κ1) is 14.8. The van der Waals surface area contributed by atoms with Crippen LogP contribution in [0.2, 0.25) is 5.15 Å². The number of aromatic nitrogens is 2. The molecule has 0 amide bonds. The van der Waals surface area contributed by atoms with Crippen molar-refractivity contribution in [1.82, 2.24) is 13.7 Å². The number of imidazole rings is 1. The Balaban J connectivity index is 2.33. The van der Waals surface area contributed by atoms with Crippen LogP contribution in [0.1, 0.15) is 26.2 Å². The van der Waals surface area contributed by atoms with Crippen molar-refractivity contribution in [2.45, 2.75) is 31.2 Å². The van der Waals surface area contributed by atoms with Crippen LogP contribution in [0.25, 0.3) is 4.96 Å². The van der Waals surface area contributed by atoms with Crippen molar-refractivity contribution in [3.8, 4) is 0 Å². The Labute approximate surface area is 121 Å². The number of hydrogen-bond donors (Lipinski definition) is 0. The number of thiazole rings is 1. The van der Waals surface area contributed by atoms with Crippen molar-refractivity contribution in [1.29, 1.82) is 0 Å². The molecule has 2 aromatic rings. The van der Waals surface area contributed by atoms with E-state index in [1.165, 1.54) is 20.0 Å². The van der Waals surface area contributed by atoms with E-state index in [1.54, 1.807) is 18.6 Å². The van der Waals surface area contributed by atoms with Gasteiger partial charge in [0.2, 0.25) is 0 Å². The fourth-order valence-electron chi connectivity index (χ4n) is 1.82. The quantitative estimate of drug-likeness (QED) is 0.769. The van der Waals surface area contributed by atoms with E-state index in [9.17, 15) is 8.42 Å². The SMILES string of the molecule is CCCCCN(C)S(=O)(=O)c1c(Cl)nc2sccn12. The molecule has 0 saturated carbocycles. The zero-order chi connectivity index (χ0) is 14.0. The summed E-state index contributed by atoms with van der Waals surface area (Å²) in [5.41, 5.74) is 0. The van der Waals surface area contributed by atoms with E-state index in [4.69, 9.17) is 11.6 Å². The van der Waals surface area contributed by atoms with Gasteiger partial charge in [-0.15, -0.1) is 11.3 Å². The first-order valence-corrected chi connectivity index (χ1v) is 8.75. The lowest BCUT2D eigenvalue weighted by Gasteiger charge is -2.16. The van der Waals surface area contributed by atoms with Crippen molar-refractivity contribution in [2.24, 2.45) is 0 Å². The standard InChI is InChI=1S/C11H16ClN3O2S2/c1-3-4-5-6-14(2)19(16,17)10-9(12)13-11-15(10)7-8-18-11/h7-8H,3-6H2,1-2H3. The Morgan fingerprint density at radius 1 is 1.47 bits per heavy atom. The van der Waals surface area contributed by atoms with E-state index >= 15 is 0 Å². The fraction of sp³-hybridized carbons (Fsp3) is 0.545. The molecule has 5 nitrogen and oxygen atoms in total. The molecule has 0 N–H and O–H groups in total. The lowest BCUT2D eigenvalue weighted by atomic mass is 10.2. The van der Waals surface area contributed by atoms with Crippen molar-refractivity contribution >= 4 is 37.9 Å². The maximum Gasteiger partial charge on any atom is 0.262 e. The van der Waals surface area contributed by atoms with Crippen LogP contribution >= 0.6 is 22.9 Å². The number of rotatable bonds is 6. The average Bonchev–Trinajstić information content (AvgIpc) is 2.88. The van der Waals surface area contributed by atoms with E-state index in [0.717, 1.165) is 19.3 Å². The maximum atomic E-state index is 12.5. The summed E-state index contributed by atoms with van der Waals surface area (Å²) in [5, 5.41) is 1.88. The second-order valence-corrected chi connectivity index (χ2v) is 7.49. The van der Waals surface area contributed by atoms with E-state index < -0.39 is 10.0 Å². The highest BCUT2D eigenvalue weighted by Crippen LogP contribution is 2.27. The van der Waals surface area contributed by atoms with E-state index in [0.29, 0.717) is 11.5 Å². The van der Waals surface area contributed by atoms with Gasteiger partial charge in [-0.1, -0.05) is 31.4 Å². The highest BCUT2D eigenvalue weighted by molar-refractivity contribution is 7.89. The monoisotopic (exact) mass is 321 g/mol. The van der Waals surface area contributed by atoms with Gasteiger partial charge in [0.15, 0.2) is 15.1 Å². The second-order valence-electron chi connectivity index (χ2n) is 4.30. The van der Waals surface area contributed by atoms with Gasteiger partial charge in [0.1, 0.15) is 0 Å². The third-order valence-electron chi connectivity index (χ3n) is 2.91. The summed E-state index contributed by atoms with van der Waals surface area (Å²) in [4.78, 5) is 4.65. The van der Waals surface area contributed by atoms with E-state index in [-0.39, 0.29) is 10.2 Å². The van der Waals surface area contributed by atoms with Crippen LogP contribution in [-0.4, -0.2) is 35.7 Å². The van der Waals surface area contributed by atoms with Crippen molar-refractivity contribution in [3.63, 3.8) is 0 Å². The Hall–Kier alpha value is -0.630. The van der Waals surface area contributed by atoms with Crippen LogP contribution < -0.4 is 0 Å². The number of hydrogen-bond acceptors (Lipinski definition) is 4. The summed E-state index contributed by atoms with van der Waals surface area (Å²) in [6.45, 7) is 2.57. The van der Waals surface area contributed by atoms with Gasteiger partial charge in [0.25, 0.3) is 10.0 Å². The fourth-order valence-corrected chi connectivity index (χ4v) is 4.43. The molecule has 0 spiro atoms. The summed E-state index contributed by atoms with van der Waals surface area (Å²) in [6, 6.07) is 0. The van der Waals surface area contributed by atoms with Gasteiger partial charge in [0.05, 0.1) is 0 Å². The highest BCUT2D eigenvalue weighted by atomic mass is 35.5. The normalized spacial score (nSPS) is 12.6. The lowest BCUT2D eigenvalue weighted by Crippen LogP contribution is -2.29. The molecule has 0 atom stereocenters. The molecule has 2 rings (SSSR count). The largest absolute Gasteiger partial charge is 0.279 e. The molecule has 2 heterocycles. The molecule has 0 aliphatic carbocycles. The summed E-state index contributed by atoms with van der Waals surface area (Å²) in [7, 11) is -2.02. The van der Waals surface area contributed by atoms with Crippen LogP contribution in [0, 0.1) is 0 Å². The molecule has 0 aliphatic rings. The molecule has 0 radical (unpaired) electrons. The number of unbranched alkanes of at least 4 members (excludes halogenated alkanes) is 2. The van der Waals surface area contributed by atoms with Crippen molar-refractivity contribution in [3.05, 3.63) is 16.7 Å². The first-order valence-electron chi connectivity index (χ1n) is 6.06. The van der Waals surface area contributed by atoms with Crippen LogP contribution in [0.5, 0.6) is 0 Å². The topological polar surface area (TPSA) is 54.7 Å². The van der Waals surface area contributed by atoms with Gasteiger partial charge in [-0.3, -0.25) is 4.40 Å². The molecule has 0 saturated heterocycles. The Bertz CT molecular complexity index is 663. The predicted octanol–water partition coefficient (Wildman–Crippen LogP) is 2.86. The summed E-state index contributed by atoms with van der Waals surface area (Å²) in [5.74, 6) is 0. The maximum absolute atomic E-state index is 12.5. The van der Waals surface area contributed by atoms with Crippen LogP contribution in [0.15, 0.2) is 16.6 Å². The number of sulfonamides is 1. The minimum atomic E-state index is -3.59. The van der Waals surface area contributed by atoms with E-state index in [2.05, 4.69) is 11.9 Å². The van der Waals surface area contributed by atoms with Gasteiger partial charge in [-0.2, -0.15) is 4.31 Å². The van der Waals surface area contributed by atoms with Crippen molar-refractivity contribution in [2.75, 3.05) is 13.6 Å². The molecule has 8 heteroatoms. The predicted molar refractivity (Wildman–Crippen MR) is 77.4 cm³/mol. The lowest BCUT2D eigenvalue weighted by molar-refractivity contribution is 0.451. The third kappa shape index (κ3) is 2.79. The first-order chi connectivity index (χ1) is 8.98. The molecule has 2 aromatic heterocycles. The Kier molecular flexibility index (Phi) is 4.50. The summed E-state index contributed by atoms with van der Waals surface area (Å²) < 4.78 is 27.9. The average molecular weight is 322 g/mol. The molecular weight excluding hydrogens is 306 g/mol. The molecular formula is C11H16ClN3O2S2. The molecule has 0 aliphatic heterocycles. The van der Waals surface area contributed by atoms with Crippen molar-refractivity contribution < 1.29 is 8.42 Å². The minimum Gasteiger partial charge on any atom is -0.279 e.